The van der Waals surface area contributed by atoms with Crippen molar-refractivity contribution in [1.82, 2.24) is 19.7 Å². The van der Waals surface area contributed by atoms with E-state index in [2.05, 4.69) is 14.8 Å². The lowest BCUT2D eigenvalue weighted by molar-refractivity contribution is -0.136. The molecule has 0 aliphatic carbocycles. The second kappa shape index (κ2) is 8.35. The Labute approximate surface area is 192 Å². The normalized spacial score (nSPS) is 24.7. The van der Waals surface area contributed by atoms with Gasteiger partial charge in [0, 0.05) is 44.2 Å². The van der Waals surface area contributed by atoms with E-state index >= 15 is 0 Å². The number of hydrogen-bond donors (Lipinski definition) is 0. The first kappa shape index (κ1) is 20.5. The molecule has 4 aliphatic rings. The van der Waals surface area contributed by atoms with E-state index in [1.54, 1.807) is 4.90 Å². The summed E-state index contributed by atoms with van der Waals surface area (Å²) < 4.78 is 13.5. The van der Waals surface area contributed by atoms with Crippen LogP contribution >= 0.6 is 0 Å². The number of hydrogen-bond acceptors (Lipinski definition) is 6. The molecule has 2 amide bonds. The van der Waals surface area contributed by atoms with E-state index < -0.39 is 0 Å². The highest BCUT2D eigenvalue weighted by Gasteiger charge is 2.42. The fourth-order valence-corrected chi connectivity index (χ4v) is 5.61. The largest absolute Gasteiger partial charge is 0.486 e. The number of carbonyl (C=O) groups is 2. The predicted octanol–water partition coefficient (Wildman–Crippen LogP) is 2.49. The van der Waals surface area contributed by atoms with Crippen LogP contribution in [0.15, 0.2) is 18.2 Å². The lowest BCUT2D eigenvalue weighted by Crippen LogP contribution is -2.38. The van der Waals surface area contributed by atoms with Crippen molar-refractivity contribution < 1.29 is 19.1 Å². The molecule has 6 rings (SSSR count). The molecule has 0 spiro atoms. The van der Waals surface area contributed by atoms with Crippen molar-refractivity contribution in [1.29, 1.82) is 0 Å². The SMILES string of the molecule is O=C1CC(C(=O)N2CCCC2c2nnc3n2CCCCC3)CN1c1ccc2c(c1)OCCO2. The Hall–Kier alpha value is -3.10. The van der Waals surface area contributed by atoms with Crippen molar-refractivity contribution in [3.63, 3.8) is 0 Å². The first-order valence-corrected chi connectivity index (χ1v) is 12.1. The van der Waals surface area contributed by atoms with E-state index in [0.717, 1.165) is 56.0 Å². The van der Waals surface area contributed by atoms with Gasteiger partial charge in [0.15, 0.2) is 17.3 Å². The van der Waals surface area contributed by atoms with Crippen molar-refractivity contribution in [3.05, 3.63) is 29.8 Å². The molecule has 0 radical (unpaired) electrons. The van der Waals surface area contributed by atoms with Gasteiger partial charge in [-0.2, -0.15) is 0 Å². The third-order valence-electron chi connectivity index (χ3n) is 7.28. The number of nitrogens with zero attached hydrogens (tertiary/aromatic N) is 5. The number of benzene rings is 1. The summed E-state index contributed by atoms with van der Waals surface area (Å²) in [6.07, 6.45) is 6.51. The third-order valence-corrected chi connectivity index (χ3v) is 7.28. The smallest absolute Gasteiger partial charge is 0.228 e. The summed E-state index contributed by atoms with van der Waals surface area (Å²) in [5.74, 6) is 2.98. The quantitative estimate of drug-likeness (QED) is 0.712. The minimum Gasteiger partial charge on any atom is -0.486 e. The van der Waals surface area contributed by atoms with Gasteiger partial charge < -0.3 is 23.8 Å². The minimum atomic E-state index is -0.349. The van der Waals surface area contributed by atoms with Crippen LogP contribution in [0.3, 0.4) is 0 Å². The molecule has 2 fully saturated rings. The van der Waals surface area contributed by atoms with E-state index in [4.69, 9.17) is 9.47 Å². The monoisotopic (exact) mass is 451 g/mol. The molecular weight excluding hydrogens is 422 g/mol. The summed E-state index contributed by atoms with van der Waals surface area (Å²) in [6, 6.07) is 5.49. The van der Waals surface area contributed by atoms with Gasteiger partial charge in [0.05, 0.1) is 12.0 Å². The molecule has 2 saturated heterocycles. The van der Waals surface area contributed by atoms with Crippen LogP contribution in [0.5, 0.6) is 11.5 Å². The Bertz CT molecular complexity index is 1080. The molecule has 5 heterocycles. The summed E-state index contributed by atoms with van der Waals surface area (Å²) in [5.41, 5.74) is 0.750. The van der Waals surface area contributed by atoms with E-state index in [1.807, 2.05) is 23.1 Å². The maximum absolute atomic E-state index is 13.6. The lowest BCUT2D eigenvalue weighted by atomic mass is 10.1. The van der Waals surface area contributed by atoms with Crippen LogP contribution < -0.4 is 14.4 Å². The highest BCUT2D eigenvalue weighted by Crippen LogP contribution is 2.38. The average Bonchev–Trinajstić information content (AvgIpc) is 3.53. The van der Waals surface area contributed by atoms with Crippen LogP contribution in [-0.4, -0.2) is 57.8 Å². The zero-order valence-electron chi connectivity index (χ0n) is 18.7. The van der Waals surface area contributed by atoms with Crippen LogP contribution in [0.4, 0.5) is 5.69 Å². The molecule has 0 N–H and O–H groups in total. The van der Waals surface area contributed by atoms with Crippen LogP contribution in [0, 0.1) is 5.92 Å². The summed E-state index contributed by atoms with van der Waals surface area (Å²) in [7, 11) is 0. The molecule has 9 nitrogen and oxygen atoms in total. The fourth-order valence-electron chi connectivity index (χ4n) is 5.61. The van der Waals surface area contributed by atoms with E-state index in [1.165, 1.54) is 6.42 Å². The first-order chi connectivity index (χ1) is 16.2. The number of rotatable bonds is 3. The van der Waals surface area contributed by atoms with Gasteiger partial charge in [0.2, 0.25) is 11.8 Å². The summed E-state index contributed by atoms with van der Waals surface area (Å²) in [6.45, 7) is 3.04. The molecule has 1 aromatic carbocycles. The molecular formula is C24H29N5O4. The van der Waals surface area contributed by atoms with Gasteiger partial charge in [-0.05, 0) is 37.8 Å². The molecule has 0 saturated carbocycles. The maximum Gasteiger partial charge on any atom is 0.228 e. The van der Waals surface area contributed by atoms with Crippen molar-refractivity contribution in [3.8, 4) is 11.5 Å². The molecule has 9 heteroatoms. The molecule has 0 bridgehead atoms. The second-order valence-corrected chi connectivity index (χ2v) is 9.36. The zero-order chi connectivity index (χ0) is 22.4. The van der Waals surface area contributed by atoms with Crippen molar-refractivity contribution in [2.75, 3.05) is 31.2 Å². The van der Waals surface area contributed by atoms with E-state index in [0.29, 0.717) is 37.8 Å². The van der Waals surface area contributed by atoms with Crippen LogP contribution in [0.25, 0.3) is 0 Å². The number of carbonyl (C=O) groups excluding carboxylic acids is 2. The van der Waals surface area contributed by atoms with Gasteiger partial charge in [0.1, 0.15) is 19.0 Å². The number of amides is 2. The molecule has 4 aliphatic heterocycles. The van der Waals surface area contributed by atoms with Gasteiger partial charge in [-0.15, -0.1) is 10.2 Å². The van der Waals surface area contributed by atoms with Crippen LogP contribution in [0.1, 0.15) is 56.2 Å². The number of ether oxygens (including phenoxy) is 2. The van der Waals surface area contributed by atoms with Gasteiger partial charge in [-0.1, -0.05) is 6.42 Å². The Morgan fingerprint density at radius 3 is 2.79 bits per heavy atom. The summed E-state index contributed by atoms with van der Waals surface area (Å²) >= 11 is 0. The summed E-state index contributed by atoms with van der Waals surface area (Å²) in [5, 5.41) is 8.96. The van der Waals surface area contributed by atoms with Crippen molar-refractivity contribution in [2.24, 2.45) is 5.92 Å². The molecule has 2 atom stereocenters. The third kappa shape index (κ3) is 3.63. The molecule has 174 valence electrons. The Morgan fingerprint density at radius 1 is 1.00 bits per heavy atom. The topological polar surface area (TPSA) is 89.8 Å². The average molecular weight is 452 g/mol. The number of fused-ring (bicyclic) bond motifs is 2. The standard InChI is InChI=1S/C24H29N5O4/c30-22-13-16(15-29(22)17-7-8-19-20(14-17)33-12-11-32-19)24(31)27-10-4-5-18(27)23-26-25-21-6-2-1-3-9-28(21)23/h7-8,14,16,18H,1-6,9-13,15H2. The fraction of sp³-hybridized carbons (Fsp3) is 0.583. The number of likely N-dealkylation sites (tertiary alicyclic amines) is 1. The molecule has 33 heavy (non-hydrogen) atoms. The number of aryl methyl sites for hydroxylation is 1. The molecule has 2 unspecified atom stereocenters. The Kier molecular flexibility index (Phi) is 5.19. The van der Waals surface area contributed by atoms with Gasteiger partial charge in [-0.3, -0.25) is 9.59 Å². The lowest BCUT2D eigenvalue weighted by Gasteiger charge is -2.27. The number of anilines is 1. The Balaban J connectivity index is 1.20. The zero-order valence-corrected chi connectivity index (χ0v) is 18.7. The highest BCUT2D eigenvalue weighted by molar-refractivity contribution is 6.00. The highest BCUT2D eigenvalue weighted by atomic mass is 16.6. The van der Waals surface area contributed by atoms with Gasteiger partial charge in [-0.25, -0.2) is 0 Å². The summed E-state index contributed by atoms with van der Waals surface area (Å²) in [4.78, 5) is 30.1. The maximum atomic E-state index is 13.6. The molecule has 1 aromatic heterocycles. The van der Waals surface area contributed by atoms with Gasteiger partial charge >= 0.3 is 0 Å². The van der Waals surface area contributed by atoms with Crippen molar-refractivity contribution in [2.45, 2.75) is 57.5 Å². The predicted molar refractivity (Wildman–Crippen MR) is 119 cm³/mol. The van der Waals surface area contributed by atoms with Crippen molar-refractivity contribution >= 4 is 17.5 Å². The van der Waals surface area contributed by atoms with Gasteiger partial charge in [0.25, 0.3) is 0 Å². The van der Waals surface area contributed by atoms with E-state index in [-0.39, 0.29) is 30.2 Å². The van der Waals surface area contributed by atoms with E-state index in [9.17, 15) is 9.59 Å². The Morgan fingerprint density at radius 2 is 1.88 bits per heavy atom. The van der Waals surface area contributed by atoms with Crippen LogP contribution in [0.2, 0.25) is 0 Å². The minimum absolute atomic E-state index is 0.0304. The molecule has 2 aromatic rings. The first-order valence-electron chi connectivity index (χ1n) is 12.1. The second-order valence-electron chi connectivity index (χ2n) is 9.36. The van der Waals surface area contributed by atoms with Crippen LogP contribution in [-0.2, 0) is 22.6 Å². The number of aromatic nitrogens is 3.